The van der Waals surface area contributed by atoms with Crippen molar-refractivity contribution in [1.29, 1.82) is 0 Å². The van der Waals surface area contributed by atoms with Crippen LogP contribution in [0.4, 0.5) is 0 Å². The van der Waals surface area contributed by atoms with Crippen molar-refractivity contribution >= 4 is 10.8 Å². The van der Waals surface area contributed by atoms with Crippen molar-refractivity contribution in [2.75, 3.05) is 20.2 Å². The smallest absolute Gasteiger partial charge is 0.119 e. The van der Waals surface area contributed by atoms with Crippen molar-refractivity contribution < 1.29 is 4.74 Å². The van der Waals surface area contributed by atoms with E-state index in [4.69, 9.17) is 4.74 Å². The zero-order chi connectivity index (χ0) is 13.2. The quantitative estimate of drug-likeness (QED) is 0.866. The highest BCUT2D eigenvalue weighted by molar-refractivity contribution is 5.84. The Hall–Kier alpha value is -1.58. The summed E-state index contributed by atoms with van der Waals surface area (Å²) in [6.07, 6.45) is 0. The maximum absolute atomic E-state index is 5.26. The molecule has 2 aromatic carbocycles. The highest BCUT2D eigenvalue weighted by atomic mass is 16.5. The zero-order valence-electron chi connectivity index (χ0n) is 11.4. The molecule has 2 aromatic rings. The second-order valence-electron chi connectivity index (χ2n) is 5.15. The van der Waals surface area contributed by atoms with E-state index in [1.807, 2.05) is 6.07 Å². The van der Waals surface area contributed by atoms with Crippen molar-refractivity contribution in [3.8, 4) is 5.75 Å². The van der Waals surface area contributed by atoms with E-state index < -0.39 is 0 Å². The van der Waals surface area contributed by atoms with Crippen LogP contribution in [-0.2, 0) is 0 Å². The van der Waals surface area contributed by atoms with Gasteiger partial charge < -0.3 is 15.4 Å². The Morgan fingerprint density at radius 3 is 2.53 bits per heavy atom. The summed E-state index contributed by atoms with van der Waals surface area (Å²) in [5.41, 5.74) is 1.34. The summed E-state index contributed by atoms with van der Waals surface area (Å²) in [6, 6.07) is 13.7. The lowest BCUT2D eigenvalue weighted by Crippen LogP contribution is -2.48. The molecule has 2 N–H and O–H groups in total. The monoisotopic (exact) mass is 256 g/mol. The first-order valence-electron chi connectivity index (χ1n) is 6.82. The van der Waals surface area contributed by atoms with Crippen molar-refractivity contribution in [3.05, 3.63) is 42.0 Å². The molecule has 1 saturated heterocycles. The largest absolute Gasteiger partial charge is 0.497 e. The fraction of sp³-hybridized carbons (Fsp3) is 0.375. The first-order valence-corrected chi connectivity index (χ1v) is 6.82. The summed E-state index contributed by atoms with van der Waals surface area (Å²) >= 11 is 0. The SMILES string of the molecule is COc1ccc2cc(C3NCCNC3C)ccc2c1. The van der Waals surface area contributed by atoms with Gasteiger partial charge in [0, 0.05) is 25.2 Å². The number of methoxy groups -OCH3 is 1. The number of fused-ring (bicyclic) bond motifs is 1. The molecule has 19 heavy (non-hydrogen) atoms. The lowest BCUT2D eigenvalue weighted by molar-refractivity contribution is 0.346. The van der Waals surface area contributed by atoms with Gasteiger partial charge in [-0.1, -0.05) is 18.2 Å². The van der Waals surface area contributed by atoms with Crippen molar-refractivity contribution in [3.63, 3.8) is 0 Å². The molecular weight excluding hydrogens is 236 g/mol. The fourth-order valence-corrected chi connectivity index (χ4v) is 2.79. The molecule has 3 nitrogen and oxygen atoms in total. The van der Waals surface area contributed by atoms with E-state index in [2.05, 4.69) is 47.9 Å². The minimum absolute atomic E-state index is 0.389. The van der Waals surface area contributed by atoms with E-state index in [9.17, 15) is 0 Å². The maximum atomic E-state index is 5.26. The number of hydrogen-bond donors (Lipinski definition) is 2. The highest BCUT2D eigenvalue weighted by Gasteiger charge is 2.21. The lowest BCUT2D eigenvalue weighted by Gasteiger charge is -2.31. The molecule has 0 saturated carbocycles. The maximum Gasteiger partial charge on any atom is 0.119 e. The minimum Gasteiger partial charge on any atom is -0.497 e. The van der Waals surface area contributed by atoms with Gasteiger partial charge >= 0.3 is 0 Å². The van der Waals surface area contributed by atoms with Crippen LogP contribution < -0.4 is 15.4 Å². The lowest BCUT2D eigenvalue weighted by atomic mass is 9.96. The molecule has 3 heteroatoms. The van der Waals surface area contributed by atoms with Crippen molar-refractivity contribution in [1.82, 2.24) is 10.6 Å². The van der Waals surface area contributed by atoms with Crippen LogP contribution in [0.2, 0.25) is 0 Å². The van der Waals surface area contributed by atoms with Gasteiger partial charge in [-0.25, -0.2) is 0 Å². The van der Waals surface area contributed by atoms with Crippen LogP contribution in [0.15, 0.2) is 36.4 Å². The molecule has 0 spiro atoms. The molecular formula is C16H20N2O. The topological polar surface area (TPSA) is 33.3 Å². The molecule has 0 amide bonds. The number of ether oxygens (including phenoxy) is 1. The minimum atomic E-state index is 0.389. The van der Waals surface area contributed by atoms with Gasteiger partial charge in [0.1, 0.15) is 5.75 Å². The predicted molar refractivity (Wildman–Crippen MR) is 78.7 cm³/mol. The Bertz CT molecular complexity index is 582. The molecule has 2 atom stereocenters. The molecule has 1 heterocycles. The number of hydrogen-bond acceptors (Lipinski definition) is 3. The highest BCUT2D eigenvalue weighted by Crippen LogP contribution is 2.26. The molecule has 1 aliphatic rings. The third-order valence-electron chi connectivity index (χ3n) is 3.89. The number of nitrogens with one attached hydrogen (secondary N) is 2. The van der Waals surface area contributed by atoms with Gasteiger partial charge in [-0.05, 0) is 41.5 Å². The molecule has 0 radical (unpaired) electrons. The fourth-order valence-electron chi connectivity index (χ4n) is 2.79. The van der Waals surface area contributed by atoms with Gasteiger partial charge in [0.05, 0.1) is 7.11 Å². The van der Waals surface area contributed by atoms with Gasteiger partial charge in [0.2, 0.25) is 0 Å². The van der Waals surface area contributed by atoms with E-state index in [0.29, 0.717) is 12.1 Å². The zero-order valence-corrected chi connectivity index (χ0v) is 11.4. The Morgan fingerprint density at radius 2 is 1.74 bits per heavy atom. The normalized spacial score (nSPS) is 23.5. The van der Waals surface area contributed by atoms with E-state index >= 15 is 0 Å². The molecule has 3 rings (SSSR count). The summed E-state index contributed by atoms with van der Waals surface area (Å²) in [6.45, 7) is 4.30. The first-order chi connectivity index (χ1) is 9.28. The van der Waals surface area contributed by atoms with Crippen LogP contribution in [0.3, 0.4) is 0 Å². The number of benzene rings is 2. The van der Waals surface area contributed by atoms with Gasteiger partial charge in [0.25, 0.3) is 0 Å². The van der Waals surface area contributed by atoms with E-state index in [1.165, 1.54) is 16.3 Å². The van der Waals surface area contributed by atoms with Crippen LogP contribution in [0, 0.1) is 0 Å². The van der Waals surface area contributed by atoms with Gasteiger partial charge in [-0.3, -0.25) is 0 Å². The molecule has 1 aliphatic heterocycles. The van der Waals surface area contributed by atoms with E-state index in [1.54, 1.807) is 7.11 Å². The molecule has 1 fully saturated rings. The Balaban J connectivity index is 1.97. The molecule has 0 bridgehead atoms. The Labute approximate surface area is 114 Å². The summed E-state index contributed by atoms with van der Waals surface area (Å²) in [4.78, 5) is 0. The third-order valence-corrected chi connectivity index (χ3v) is 3.89. The van der Waals surface area contributed by atoms with Gasteiger partial charge in [-0.2, -0.15) is 0 Å². The molecule has 0 aliphatic carbocycles. The predicted octanol–water partition coefficient (Wildman–Crippen LogP) is 2.47. The third kappa shape index (κ3) is 2.44. The second-order valence-corrected chi connectivity index (χ2v) is 5.15. The average Bonchev–Trinajstić information content (AvgIpc) is 2.46. The van der Waals surface area contributed by atoms with Gasteiger partial charge in [-0.15, -0.1) is 0 Å². The molecule has 2 unspecified atom stereocenters. The Kier molecular flexibility index (Phi) is 3.40. The van der Waals surface area contributed by atoms with Crippen LogP contribution in [0.25, 0.3) is 10.8 Å². The summed E-state index contributed by atoms with van der Waals surface area (Å²) < 4.78 is 5.26. The number of piperazine rings is 1. The molecule has 0 aromatic heterocycles. The Morgan fingerprint density at radius 1 is 1.00 bits per heavy atom. The summed E-state index contributed by atoms with van der Waals surface area (Å²) in [5, 5.41) is 9.58. The van der Waals surface area contributed by atoms with Crippen LogP contribution >= 0.6 is 0 Å². The van der Waals surface area contributed by atoms with E-state index in [0.717, 1.165) is 18.8 Å². The standard InChI is InChI=1S/C16H20N2O/c1-11-16(18-8-7-17-11)14-4-3-13-10-15(19-2)6-5-12(13)9-14/h3-6,9-11,16-18H,7-8H2,1-2H3. The summed E-state index contributed by atoms with van der Waals surface area (Å²) in [7, 11) is 1.70. The van der Waals surface area contributed by atoms with E-state index in [-0.39, 0.29) is 0 Å². The number of rotatable bonds is 2. The average molecular weight is 256 g/mol. The molecule has 100 valence electrons. The van der Waals surface area contributed by atoms with Crippen molar-refractivity contribution in [2.45, 2.75) is 19.0 Å². The van der Waals surface area contributed by atoms with Gasteiger partial charge in [0.15, 0.2) is 0 Å². The second kappa shape index (κ2) is 5.19. The van der Waals surface area contributed by atoms with Crippen LogP contribution in [0.1, 0.15) is 18.5 Å². The first kappa shape index (κ1) is 12.5. The van der Waals surface area contributed by atoms with Crippen molar-refractivity contribution in [2.24, 2.45) is 0 Å². The summed E-state index contributed by atoms with van der Waals surface area (Å²) in [5.74, 6) is 0.908. The van der Waals surface area contributed by atoms with Crippen LogP contribution in [0.5, 0.6) is 5.75 Å². The van der Waals surface area contributed by atoms with Crippen LogP contribution in [-0.4, -0.2) is 26.2 Å².